The Bertz CT molecular complexity index is 934. The molecule has 0 spiro atoms. The van der Waals surface area contributed by atoms with Crippen LogP contribution in [-0.2, 0) is 13.1 Å². The van der Waals surface area contributed by atoms with E-state index in [0.717, 1.165) is 24.5 Å². The largest absolute Gasteiger partial charge is 0.363 e. The average Bonchev–Trinajstić information content (AvgIpc) is 3.11. The lowest BCUT2D eigenvalue weighted by atomic mass is 10.1. The third-order valence-corrected chi connectivity index (χ3v) is 4.61. The van der Waals surface area contributed by atoms with Gasteiger partial charge < -0.3 is 4.90 Å². The van der Waals surface area contributed by atoms with E-state index in [4.69, 9.17) is 0 Å². The second-order valence-corrected chi connectivity index (χ2v) is 6.44. The molecule has 0 saturated heterocycles. The molecule has 0 fully saturated rings. The third kappa shape index (κ3) is 3.40. The van der Waals surface area contributed by atoms with E-state index in [2.05, 4.69) is 51.5 Å². The standard InChI is InChI=1S/C22H19N3O/c1-16(26)17-6-8-20(9-7-17)23-24-21-10-12-22(13-11-21)25-14-18-4-2-3-5-19(18)15-25/h2-13H,14-15H2,1H3. The van der Waals surface area contributed by atoms with Gasteiger partial charge in [-0.3, -0.25) is 4.79 Å². The maximum Gasteiger partial charge on any atom is 0.159 e. The molecule has 1 aliphatic heterocycles. The first kappa shape index (κ1) is 16.2. The van der Waals surface area contributed by atoms with Gasteiger partial charge in [0.2, 0.25) is 0 Å². The molecule has 0 saturated carbocycles. The lowest BCUT2D eigenvalue weighted by Gasteiger charge is -2.17. The van der Waals surface area contributed by atoms with Gasteiger partial charge in [-0.25, -0.2) is 0 Å². The molecule has 0 bridgehead atoms. The smallest absolute Gasteiger partial charge is 0.159 e. The molecule has 0 atom stereocenters. The maximum absolute atomic E-state index is 11.3. The number of hydrogen-bond donors (Lipinski definition) is 0. The van der Waals surface area contributed by atoms with Crippen LogP contribution in [0.5, 0.6) is 0 Å². The molecule has 3 aromatic rings. The summed E-state index contributed by atoms with van der Waals surface area (Å²) in [4.78, 5) is 13.6. The van der Waals surface area contributed by atoms with E-state index in [0.29, 0.717) is 5.56 Å². The summed E-state index contributed by atoms with van der Waals surface area (Å²) in [6.45, 7) is 3.44. The van der Waals surface area contributed by atoms with Crippen LogP contribution in [0.3, 0.4) is 0 Å². The van der Waals surface area contributed by atoms with Crippen molar-refractivity contribution < 1.29 is 4.79 Å². The van der Waals surface area contributed by atoms with E-state index in [1.54, 1.807) is 31.2 Å². The SMILES string of the molecule is CC(=O)c1ccc(N=Nc2ccc(N3Cc4ccccc4C3)cc2)cc1. The van der Waals surface area contributed by atoms with Crippen molar-refractivity contribution in [2.75, 3.05) is 4.90 Å². The van der Waals surface area contributed by atoms with Crippen molar-refractivity contribution in [1.29, 1.82) is 0 Å². The molecule has 0 unspecified atom stereocenters. The predicted octanol–water partition coefficient (Wildman–Crippen LogP) is 5.82. The number of ketones is 1. The number of anilines is 1. The number of benzene rings is 3. The molecule has 128 valence electrons. The quantitative estimate of drug-likeness (QED) is 0.443. The summed E-state index contributed by atoms with van der Waals surface area (Å²) in [5, 5.41) is 8.52. The summed E-state index contributed by atoms with van der Waals surface area (Å²) in [6, 6.07) is 23.8. The van der Waals surface area contributed by atoms with Crippen molar-refractivity contribution >= 4 is 22.8 Å². The van der Waals surface area contributed by atoms with Crippen LogP contribution >= 0.6 is 0 Å². The molecule has 3 aromatic carbocycles. The first-order valence-electron chi connectivity index (χ1n) is 8.63. The van der Waals surface area contributed by atoms with E-state index in [9.17, 15) is 4.79 Å². The van der Waals surface area contributed by atoms with E-state index < -0.39 is 0 Å². The highest BCUT2D eigenvalue weighted by Crippen LogP contribution is 2.29. The van der Waals surface area contributed by atoms with Crippen molar-refractivity contribution in [2.45, 2.75) is 20.0 Å². The van der Waals surface area contributed by atoms with Crippen LogP contribution in [-0.4, -0.2) is 5.78 Å². The van der Waals surface area contributed by atoms with Crippen LogP contribution in [0.15, 0.2) is 83.0 Å². The highest BCUT2D eigenvalue weighted by atomic mass is 16.1. The maximum atomic E-state index is 11.3. The van der Waals surface area contributed by atoms with Crippen LogP contribution in [0.1, 0.15) is 28.4 Å². The van der Waals surface area contributed by atoms with Gasteiger partial charge in [-0.2, -0.15) is 10.2 Å². The lowest BCUT2D eigenvalue weighted by Crippen LogP contribution is -2.13. The average molecular weight is 341 g/mol. The van der Waals surface area contributed by atoms with Crippen LogP contribution in [0.2, 0.25) is 0 Å². The second kappa shape index (κ2) is 6.92. The first-order valence-corrected chi connectivity index (χ1v) is 8.63. The lowest BCUT2D eigenvalue weighted by molar-refractivity contribution is 0.101. The van der Waals surface area contributed by atoms with Gasteiger partial charge in [0.25, 0.3) is 0 Å². The number of hydrogen-bond acceptors (Lipinski definition) is 4. The Morgan fingerprint density at radius 1 is 0.769 bits per heavy atom. The van der Waals surface area contributed by atoms with Gasteiger partial charge in [0, 0.05) is 24.3 Å². The van der Waals surface area contributed by atoms with Crippen molar-refractivity contribution in [3.63, 3.8) is 0 Å². The van der Waals surface area contributed by atoms with Crippen molar-refractivity contribution in [2.24, 2.45) is 10.2 Å². The van der Waals surface area contributed by atoms with E-state index in [-0.39, 0.29) is 5.78 Å². The molecule has 0 radical (unpaired) electrons. The van der Waals surface area contributed by atoms with Crippen LogP contribution in [0.25, 0.3) is 0 Å². The van der Waals surface area contributed by atoms with E-state index in [1.165, 1.54) is 16.8 Å². The number of fused-ring (bicyclic) bond motifs is 1. The molecule has 4 heteroatoms. The Labute approximate surface area is 152 Å². The Hall–Kier alpha value is -3.27. The molecule has 1 heterocycles. The number of rotatable bonds is 4. The van der Waals surface area contributed by atoms with Crippen molar-refractivity contribution in [3.8, 4) is 0 Å². The summed E-state index contributed by atoms with van der Waals surface area (Å²) >= 11 is 0. The monoisotopic (exact) mass is 341 g/mol. The minimum atomic E-state index is 0.0492. The van der Waals surface area contributed by atoms with Gasteiger partial charge in [-0.15, -0.1) is 0 Å². The molecule has 26 heavy (non-hydrogen) atoms. The summed E-state index contributed by atoms with van der Waals surface area (Å²) in [7, 11) is 0. The molecular weight excluding hydrogens is 322 g/mol. The van der Waals surface area contributed by atoms with Gasteiger partial charge in [-0.05, 0) is 66.6 Å². The Balaban J connectivity index is 1.44. The zero-order valence-electron chi connectivity index (χ0n) is 14.6. The van der Waals surface area contributed by atoms with Gasteiger partial charge in [-0.1, -0.05) is 24.3 Å². The fourth-order valence-electron chi connectivity index (χ4n) is 3.12. The van der Waals surface area contributed by atoms with Gasteiger partial charge in [0.05, 0.1) is 11.4 Å². The fraction of sp³-hybridized carbons (Fsp3) is 0.136. The van der Waals surface area contributed by atoms with Crippen LogP contribution in [0, 0.1) is 0 Å². The Morgan fingerprint density at radius 3 is 1.77 bits per heavy atom. The number of azo groups is 1. The number of carbonyl (C=O) groups is 1. The molecule has 1 aliphatic rings. The highest BCUT2D eigenvalue weighted by molar-refractivity contribution is 5.94. The molecule has 0 aliphatic carbocycles. The van der Waals surface area contributed by atoms with E-state index in [1.807, 2.05) is 12.1 Å². The topological polar surface area (TPSA) is 45.0 Å². The molecule has 0 aromatic heterocycles. The van der Waals surface area contributed by atoms with Crippen molar-refractivity contribution in [1.82, 2.24) is 0 Å². The molecule has 4 rings (SSSR count). The number of carbonyl (C=O) groups excluding carboxylic acids is 1. The predicted molar refractivity (Wildman–Crippen MR) is 103 cm³/mol. The first-order chi connectivity index (χ1) is 12.7. The normalized spacial score (nSPS) is 13.2. The molecule has 0 N–H and O–H groups in total. The van der Waals surface area contributed by atoms with Crippen LogP contribution < -0.4 is 4.90 Å². The van der Waals surface area contributed by atoms with Crippen LogP contribution in [0.4, 0.5) is 17.1 Å². The van der Waals surface area contributed by atoms with Gasteiger partial charge in [0.1, 0.15) is 0 Å². The van der Waals surface area contributed by atoms with Crippen molar-refractivity contribution in [3.05, 3.63) is 89.5 Å². The number of nitrogens with zero attached hydrogens (tertiary/aromatic N) is 3. The summed E-state index contributed by atoms with van der Waals surface area (Å²) in [5.41, 5.74) is 6.19. The number of Topliss-reactive ketones (excluding diaryl/α,β-unsaturated/α-hetero) is 1. The minimum Gasteiger partial charge on any atom is -0.363 e. The summed E-state index contributed by atoms with van der Waals surface area (Å²) < 4.78 is 0. The fourth-order valence-corrected chi connectivity index (χ4v) is 3.12. The highest BCUT2D eigenvalue weighted by Gasteiger charge is 2.18. The molecular formula is C22H19N3O. The summed E-state index contributed by atoms with van der Waals surface area (Å²) in [5.74, 6) is 0.0492. The van der Waals surface area contributed by atoms with E-state index >= 15 is 0 Å². The van der Waals surface area contributed by atoms with Gasteiger partial charge >= 0.3 is 0 Å². The Kier molecular flexibility index (Phi) is 4.32. The zero-order chi connectivity index (χ0) is 17.9. The zero-order valence-corrected chi connectivity index (χ0v) is 14.6. The second-order valence-electron chi connectivity index (χ2n) is 6.44. The Morgan fingerprint density at radius 2 is 1.27 bits per heavy atom. The third-order valence-electron chi connectivity index (χ3n) is 4.61. The van der Waals surface area contributed by atoms with Gasteiger partial charge in [0.15, 0.2) is 5.78 Å². The minimum absolute atomic E-state index is 0.0492. The summed E-state index contributed by atoms with van der Waals surface area (Å²) in [6.07, 6.45) is 0. The molecule has 4 nitrogen and oxygen atoms in total. The molecule has 0 amide bonds.